The summed E-state index contributed by atoms with van der Waals surface area (Å²) >= 11 is 0. The molecule has 0 saturated carbocycles. The Labute approximate surface area is 254 Å². The Hall–Kier alpha value is 0.998. The summed E-state index contributed by atoms with van der Waals surface area (Å²) in [5.74, 6) is 0. The Bertz CT molecular complexity index is 532. The molecule has 0 amide bonds. The molecule has 0 heterocycles. The summed E-state index contributed by atoms with van der Waals surface area (Å²) in [4.78, 5) is 0. The summed E-state index contributed by atoms with van der Waals surface area (Å²) in [5, 5.41) is 0. The molecule has 3 nitrogen and oxygen atoms in total. The summed E-state index contributed by atoms with van der Waals surface area (Å²) < 4.78 is 17.9. The zero-order valence-corrected chi connectivity index (χ0v) is 35.1. The van der Waals surface area contributed by atoms with Gasteiger partial charge in [-0.25, -0.2) is 0 Å². The maximum atomic E-state index is 5.97. The molecule has 0 N–H and O–H groups in total. The van der Waals surface area contributed by atoms with Crippen molar-refractivity contribution in [1.29, 1.82) is 0 Å². The first-order valence-electron chi connectivity index (χ1n) is 11.4. The molecule has 212 valence electrons. The monoisotopic (exact) mass is 948 g/mol. The van der Waals surface area contributed by atoms with Crippen LogP contribution in [-0.4, -0.2) is 49.9 Å². The van der Waals surface area contributed by atoms with Crippen LogP contribution >= 0.6 is 0 Å². The Morgan fingerprint density at radius 2 is 0.400 bits per heavy atom. The van der Waals surface area contributed by atoms with E-state index in [1.807, 2.05) is 34.2 Å². The second-order valence-electron chi connectivity index (χ2n) is 11.2. The fraction of sp³-hybridized carbons (Fsp3) is 0.500. The van der Waals surface area contributed by atoms with Gasteiger partial charge >= 0.3 is 0 Å². The second-order valence-corrected chi connectivity index (χ2v) is 35.3. The minimum absolute atomic E-state index is 0. The third kappa shape index (κ3) is 27.8. The Kier molecular flexibility index (Phi) is 25.1. The van der Waals surface area contributed by atoms with Crippen LogP contribution < -0.4 is 0 Å². The molecule has 0 saturated heterocycles. The molecular formula is C24H54O3Pt2Si6. The zero-order chi connectivity index (χ0) is 27.4. The quantitative estimate of drug-likeness (QED) is 0.184. The van der Waals surface area contributed by atoms with Gasteiger partial charge in [0.1, 0.15) is 0 Å². The minimum atomic E-state index is -1.58. The van der Waals surface area contributed by atoms with Crippen molar-refractivity contribution in [3.05, 3.63) is 73.7 Å². The fourth-order valence-corrected chi connectivity index (χ4v) is 20.6. The van der Waals surface area contributed by atoms with Crippen molar-refractivity contribution in [2.45, 2.75) is 78.6 Å². The van der Waals surface area contributed by atoms with Crippen molar-refractivity contribution in [2.24, 2.45) is 0 Å². The van der Waals surface area contributed by atoms with Gasteiger partial charge in [-0.2, -0.15) is 0 Å². The zero-order valence-electron chi connectivity index (χ0n) is 24.6. The van der Waals surface area contributed by atoms with Crippen LogP contribution in [0.3, 0.4) is 0 Å². The van der Waals surface area contributed by atoms with E-state index in [2.05, 4.69) is 118 Å². The molecule has 0 aromatic carbocycles. The Morgan fingerprint density at radius 1 is 0.314 bits per heavy atom. The molecule has 0 radical (unpaired) electrons. The number of hydrogen-bond donors (Lipinski definition) is 0. The van der Waals surface area contributed by atoms with Crippen molar-refractivity contribution in [1.82, 2.24) is 0 Å². The predicted octanol–water partition coefficient (Wildman–Crippen LogP) is 8.59. The Balaban J connectivity index is -0.000000125. The second kappa shape index (κ2) is 19.1. The number of rotatable bonds is 12. The van der Waals surface area contributed by atoms with E-state index < -0.39 is 49.9 Å². The molecule has 0 rings (SSSR count). The molecule has 11 heteroatoms. The van der Waals surface area contributed by atoms with E-state index in [-0.39, 0.29) is 42.1 Å². The van der Waals surface area contributed by atoms with Crippen LogP contribution in [0.25, 0.3) is 0 Å². The van der Waals surface area contributed by atoms with Crippen molar-refractivity contribution in [3.63, 3.8) is 0 Å². The first-order chi connectivity index (χ1) is 14.5. The largest absolute Gasteiger partial charge is 0.449 e. The molecule has 0 spiro atoms. The molecular weight excluding hydrogens is 895 g/mol. The van der Waals surface area contributed by atoms with E-state index in [0.29, 0.717) is 0 Å². The van der Waals surface area contributed by atoms with Crippen LogP contribution in [0.15, 0.2) is 73.7 Å². The van der Waals surface area contributed by atoms with Gasteiger partial charge in [-0.05, 0) is 78.6 Å². The van der Waals surface area contributed by atoms with Gasteiger partial charge in [0.25, 0.3) is 0 Å². The molecule has 0 aliphatic rings. The SMILES string of the molecule is C=C[Si](C)(C)O[Si](C)(C)C=C.C=C[Si](C)(C)O[Si](C)(C)C=C.C=C[Si](C)(C)O[Si](C)(C)C=C.[Pt].[Pt]. The molecule has 0 aliphatic carbocycles. The molecule has 0 atom stereocenters. The van der Waals surface area contributed by atoms with Crippen molar-refractivity contribution >= 4 is 49.9 Å². The predicted molar refractivity (Wildman–Crippen MR) is 169 cm³/mol. The average Bonchev–Trinajstić information content (AvgIpc) is 2.67. The first-order valence-corrected chi connectivity index (χ1v) is 29.3. The van der Waals surface area contributed by atoms with Gasteiger partial charge in [0.15, 0.2) is 49.9 Å². The van der Waals surface area contributed by atoms with Crippen LogP contribution in [0.5, 0.6) is 0 Å². The van der Waals surface area contributed by atoms with E-state index in [1.165, 1.54) is 0 Å². The third-order valence-corrected chi connectivity index (χ3v) is 23.1. The average molecular weight is 949 g/mol. The van der Waals surface area contributed by atoms with Crippen LogP contribution in [0, 0.1) is 0 Å². The van der Waals surface area contributed by atoms with Crippen LogP contribution in [0.2, 0.25) is 78.6 Å². The third-order valence-electron chi connectivity index (χ3n) is 4.53. The van der Waals surface area contributed by atoms with E-state index in [4.69, 9.17) is 12.3 Å². The summed E-state index contributed by atoms with van der Waals surface area (Å²) in [6.45, 7) is 48.5. The van der Waals surface area contributed by atoms with Crippen molar-refractivity contribution in [2.75, 3.05) is 0 Å². The van der Waals surface area contributed by atoms with Gasteiger partial charge in [0, 0.05) is 42.1 Å². The smallest absolute Gasteiger partial charge is 0.198 e. The van der Waals surface area contributed by atoms with E-state index >= 15 is 0 Å². The molecule has 35 heavy (non-hydrogen) atoms. The molecule has 0 aliphatic heterocycles. The number of hydrogen-bond acceptors (Lipinski definition) is 3. The van der Waals surface area contributed by atoms with E-state index in [9.17, 15) is 0 Å². The van der Waals surface area contributed by atoms with Gasteiger partial charge in [-0.1, -0.05) is 34.2 Å². The van der Waals surface area contributed by atoms with Gasteiger partial charge in [0.05, 0.1) is 0 Å². The van der Waals surface area contributed by atoms with E-state index in [1.54, 1.807) is 0 Å². The van der Waals surface area contributed by atoms with E-state index in [0.717, 1.165) is 0 Å². The normalized spacial score (nSPS) is 12.0. The molecule has 0 fully saturated rings. The molecule has 0 unspecified atom stereocenters. The van der Waals surface area contributed by atoms with Crippen LogP contribution in [0.1, 0.15) is 0 Å². The molecule has 0 aromatic rings. The molecule has 0 aromatic heterocycles. The van der Waals surface area contributed by atoms with Gasteiger partial charge in [0.2, 0.25) is 0 Å². The topological polar surface area (TPSA) is 27.7 Å². The maximum Gasteiger partial charge on any atom is 0.198 e. The first kappa shape index (κ1) is 45.9. The maximum absolute atomic E-state index is 5.97. The van der Waals surface area contributed by atoms with Crippen LogP contribution in [0.4, 0.5) is 0 Å². The Morgan fingerprint density at radius 3 is 0.457 bits per heavy atom. The standard InChI is InChI=1S/3C8H18OSi2.2Pt/c3*1-7-10(3,4)9-11(5,6)8-2;;/h3*7-8H,1-2H2,3-6H3;;. The van der Waals surface area contributed by atoms with Crippen molar-refractivity contribution in [3.8, 4) is 0 Å². The van der Waals surface area contributed by atoms with Gasteiger partial charge in [-0.3, -0.25) is 0 Å². The van der Waals surface area contributed by atoms with Gasteiger partial charge in [-0.15, -0.1) is 39.5 Å². The summed E-state index contributed by atoms with van der Waals surface area (Å²) in [5.41, 5.74) is 11.8. The van der Waals surface area contributed by atoms with Gasteiger partial charge < -0.3 is 12.3 Å². The summed E-state index contributed by atoms with van der Waals surface area (Å²) in [7, 11) is -9.48. The summed E-state index contributed by atoms with van der Waals surface area (Å²) in [6, 6.07) is 0. The summed E-state index contributed by atoms with van der Waals surface area (Å²) in [6.07, 6.45) is 0. The minimum Gasteiger partial charge on any atom is -0.449 e. The van der Waals surface area contributed by atoms with Crippen LogP contribution in [-0.2, 0) is 54.5 Å². The fourth-order valence-electron chi connectivity index (χ4n) is 2.28. The van der Waals surface area contributed by atoms with Crippen molar-refractivity contribution < 1.29 is 54.5 Å². The molecule has 0 bridgehead atoms.